The molecular formula is C15H16ClO3P. The van der Waals surface area contributed by atoms with E-state index in [4.69, 9.17) is 9.05 Å². The minimum absolute atomic E-state index is 0. The van der Waals surface area contributed by atoms with Crippen molar-refractivity contribution in [3.05, 3.63) is 71.8 Å². The highest BCUT2D eigenvalue weighted by molar-refractivity contribution is 7.33. The highest BCUT2D eigenvalue weighted by atomic mass is 35.5. The normalized spacial score (nSPS) is 10.7. The molecule has 0 aliphatic heterocycles. The van der Waals surface area contributed by atoms with Crippen LogP contribution in [0.25, 0.3) is 0 Å². The second kappa shape index (κ2) is 9.62. The van der Waals surface area contributed by atoms with Crippen molar-refractivity contribution in [3.8, 4) is 0 Å². The van der Waals surface area contributed by atoms with Gasteiger partial charge in [-0.05, 0) is 11.1 Å². The molecule has 0 N–H and O–H groups in total. The van der Waals surface area contributed by atoms with E-state index in [1.807, 2.05) is 60.7 Å². The molecule has 0 spiro atoms. The lowest BCUT2D eigenvalue weighted by atomic mass is 10.2. The molecule has 0 aliphatic carbocycles. The van der Waals surface area contributed by atoms with Crippen LogP contribution < -0.4 is 12.4 Å². The number of rotatable bonds is 7. The van der Waals surface area contributed by atoms with Crippen LogP contribution in [0.3, 0.4) is 0 Å². The van der Waals surface area contributed by atoms with Crippen LogP contribution in [0.1, 0.15) is 11.1 Å². The number of halogens is 1. The van der Waals surface area contributed by atoms with Gasteiger partial charge < -0.3 is 12.4 Å². The average Bonchev–Trinajstić information content (AvgIpc) is 2.47. The molecule has 0 fully saturated rings. The van der Waals surface area contributed by atoms with Crippen LogP contribution in [-0.4, -0.2) is 6.61 Å². The predicted molar refractivity (Wildman–Crippen MR) is 74.9 cm³/mol. The van der Waals surface area contributed by atoms with E-state index < -0.39 is 8.25 Å². The molecule has 0 heterocycles. The van der Waals surface area contributed by atoms with E-state index in [0.717, 1.165) is 17.5 Å². The molecule has 5 heteroatoms. The van der Waals surface area contributed by atoms with Gasteiger partial charge in [0, 0.05) is 11.0 Å². The quantitative estimate of drug-likeness (QED) is 0.719. The van der Waals surface area contributed by atoms with Crippen LogP contribution in [0.2, 0.25) is 0 Å². The summed E-state index contributed by atoms with van der Waals surface area (Å²) in [5, 5.41) is 0. The fourth-order valence-electron chi connectivity index (χ4n) is 1.62. The molecule has 0 aliphatic rings. The van der Waals surface area contributed by atoms with Crippen LogP contribution in [0, 0.1) is 0 Å². The van der Waals surface area contributed by atoms with Crippen molar-refractivity contribution in [2.75, 3.05) is 6.61 Å². The average molecular weight is 311 g/mol. The summed E-state index contributed by atoms with van der Waals surface area (Å²) in [7, 11) is -2.05. The van der Waals surface area contributed by atoms with Gasteiger partial charge in [-0.3, -0.25) is 0 Å². The van der Waals surface area contributed by atoms with Crippen LogP contribution in [0.15, 0.2) is 60.7 Å². The van der Waals surface area contributed by atoms with Crippen LogP contribution in [-0.2, 0) is 26.6 Å². The van der Waals surface area contributed by atoms with Crippen molar-refractivity contribution >= 4 is 8.25 Å². The third-order valence-electron chi connectivity index (χ3n) is 2.61. The van der Waals surface area contributed by atoms with Crippen molar-refractivity contribution in [2.45, 2.75) is 13.0 Å². The molecule has 0 aromatic heterocycles. The molecule has 1 unspecified atom stereocenters. The maximum absolute atomic E-state index is 11.5. The monoisotopic (exact) mass is 310 g/mol. The zero-order chi connectivity index (χ0) is 13.3. The summed E-state index contributed by atoms with van der Waals surface area (Å²) in [5.41, 5.74) is 2.14. The molecule has 106 valence electrons. The van der Waals surface area contributed by atoms with E-state index >= 15 is 0 Å². The Hall–Kier alpha value is -1.25. The number of benzene rings is 2. The van der Waals surface area contributed by atoms with Gasteiger partial charge in [0.15, 0.2) is 0 Å². The topological polar surface area (TPSA) is 35.5 Å². The lowest BCUT2D eigenvalue weighted by molar-refractivity contribution is -0.00000754. The minimum atomic E-state index is -2.05. The molecule has 0 radical (unpaired) electrons. The SMILES string of the molecule is O=[P+](OCCc1ccccc1)OCc1ccccc1.[Cl-]. The van der Waals surface area contributed by atoms with Gasteiger partial charge in [-0.2, -0.15) is 0 Å². The van der Waals surface area contributed by atoms with Gasteiger partial charge in [0.1, 0.15) is 13.2 Å². The first kappa shape index (κ1) is 16.8. The van der Waals surface area contributed by atoms with Gasteiger partial charge in [0.05, 0.1) is 0 Å². The Morgan fingerprint density at radius 2 is 1.35 bits per heavy atom. The zero-order valence-electron chi connectivity index (χ0n) is 10.9. The predicted octanol–water partition coefficient (Wildman–Crippen LogP) is 1.12. The molecule has 2 aromatic carbocycles. The van der Waals surface area contributed by atoms with Gasteiger partial charge in [-0.1, -0.05) is 60.7 Å². The molecule has 2 aromatic rings. The third kappa shape index (κ3) is 6.27. The van der Waals surface area contributed by atoms with Crippen LogP contribution >= 0.6 is 8.25 Å². The highest BCUT2D eigenvalue weighted by Gasteiger charge is 2.19. The van der Waals surface area contributed by atoms with E-state index in [-0.39, 0.29) is 12.4 Å². The Labute approximate surface area is 126 Å². The molecule has 0 saturated heterocycles. The van der Waals surface area contributed by atoms with Gasteiger partial charge in [-0.15, -0.1) is 9.05 Å². The molecule has 0 amide bonds. The molecule has 0 saturated carbocycles. The van der Waals surface area contributed by atoms with Gasteiger partial charge in [0.2, 0.25) is 0 Å². The first-order chi connectivity index (χ1) is 9.34. The van der Waals surface area contributed by atoms with Crippen molar-refractivity contribution in [1.82, 2.24) is 0 Å². The molecular weight excluding hydrogens is 295 g/mol. The Morgan fingerprint density at radius 3 is 1.95 bits per heavy atom. The molecule has 0 bridgehead atoms. The second-order valence-electron chi connectivity index (χ2n) is 4.05. The Morgan fingerprint density at radius 1 is 0.800 bits per heavy atom. The summed E-state index contributed by atoms with van der Waals surface area (Å²) in [5.74, 6) is 0. The van der Waals surface area contributed by atoms with Gasteiger partial charge in [-0.25, -0.2) is 0 Å². The Balaban J connectivity index is 0.00000200. The summed E-state index contributed by atoms with van der Waals surface area (Å²) in [6.45, 7) is 0.704. The lowest BCUT2D eigenvalue weighted by Gasteiger charge is -1.96. The van der Waals surface area contributed by atoms with Crippen molar-refractivity contribution in [2.24, 2.45) is 0 Å². The maximum atomic E-state index is 11.5. The molecule has 1 atom stereocenters. The molecule has 3 nitrogen and oxygen atoms in total. The van der Waals surface area contributed by atoms with Crippen molar-refractivity contribution in [1.29, 1.82) is 0 Å². The standard InChI is InChI=1S/C15H16O3P.ClH/c16-19(18-13-15-9-5-2-6-10-15)17-12-11-14-7-3-1-4-8-14;/h1-10H,11-13H2;1H/q+1;/p-1. The summed E-state index contributed by atoms with van der Waals surface area (Å²) in [6, 6.07) is 19.6. The first-order valence-electron chi connectivity index (χ1n) is 6.15. The largest absolute Gasteiger partial charge is 1.00 e. The van der Waals surface area contributed by atoms with Gasteiger partial charge in [0.25, 0.3) is 0 Å². The number of hydrogen-bond acceptors (Lipinski definition) is 3. The van der Waals surface area contributed by atoms with Crippen molar-refractivity contribution in [3.63, 3.8) is 0 Å². The van der Waals surface area contributed by atoms with Crippen LogP contribution in [0.5, 0.6) is 0 Å². The van der Waals surface area contributed by atoms with Crippen molar-refractivity contribution < 1.29 is 26.0 Å². The van der Waals surface area contributed by atoms with Gasteiger partial charge >= 0.3 is 8.25 Å². The fourth-order valence-corrected chi connectivity index (χ4v) is 2.19. The number of hydrogen-bond donors (Lipinski definition) is 0. The first-order valence-corrected chi connectivity index (χ1v) is 7.25. The summed E-state index contributed by atoms with van der Waals surface area (Å²) >= 11 is 0. The smallest absolute Gasteiger partial charge is 0.697 e. The van der Waals surface area contributed by atoms with E-state index in [9.17, 15) is 4.57 Å². The Bertz CT molecular complexity index is 505. The summed E-state index contributed by atoms with van der Waals surface area (Å²) in [6.07, 6.45) is 0.733. The van der Waals surface area contributed by atoms with E-state index in [1.165, 1.54) is 0 Å². The Kier molecular flexibility index (Phi) is 8.08. The third-order valence-corrected chi connectivity index (χ3v) is 3.34. The fraction of sp³-hybridized carbons (Fsp3) is 0.200. The summed E-state index contributed by atoms with van der Waals surface area (Å²) < 4.78 is 21.8. The lowest BCUT2D eigenvalue weighted by Crippen LogP contribution is -3.00. The zero-order valence-corrected chi connectivity index (χ0v) is 12.6. The molecule has 20 heavy (non-hydrogen) atoms. The summed E-state index contributed by atoms with van der Waals surface area (Å²) in [4.78, 5) is 0. The maximum Gasteiger partial charge on any atom is 0.697 e. The highest BCUT2D eigenvalue weighted by Crippen LogP contribution is 2.25. The molecule has 2 rings (SSSR count). The minimum Gasteiger partial charge on any atom is -1.00 e. The van der Waals surface area contributed by atoms with E-state index in [0.29, 0.717) is 13.2 Å². The van der Waals surface area contributed by atoms with E-state index in [1.54, 1.807) is 0 Å². The van der Waals surface area contributed by atoms with E-state index in [2.05, 4.69) is 0 Å². The van der Waals surface area contributed by atoms with Crippen LogP contribution in [0.4, 0.5) is 0 Å². The second-order valence-corrected chi connectivity index (χ2v) is 5.02.